The van der Waals surface area contributed by atoms with E-state index in [1.807, 2.05) is 53.4 Å². The van der Waals surface area contributed by atoms with Gasteiger partial charge in [-0.1, -0.05) is 30.3 Å². The first-order valence-corrected chi connectivity index (χ1v) is 8.28. The fourth-order valence-electron chi connectivity index (χ4n) is 2.84. The molecule has 4 rings (SSSR count). The van der Waals surface area contributed by atoms with E-state index < -0.39 is 0 Å². The Labute approximate surface area is 145 Å². The van der Waals surface area contributed by atoms with Crippen molar-refractivity contribution >= 4 is 39.5 Å². The first kappa shape index (κ1) is 14.4. The van der Waals surface area contributed by atoms with Crippen molar-refractivity contribution in [3.8, 4) is 0 Å². The fourth-order valence-corrected chi connectivity index (χ4v) is 3.39. The van der Waals surface area contributed by atoms with Gasteiger partial charge in [-0.3, -0.25) is 9.36 Å². The molecule has 0 aliphatic rings. The lowest BCUT2D eigenvalue weighted by atomic mass is 10.2. The highest BCUT2D eigenvalue weighted by Gasteiger charge is 2.18. The SMILES string of the molecule is Cc1nc2n(C)c3ncn(Cc4ccccc4)c3c(=O)n2c1I. The fraction of sp³-hybridized carbons (Fsp3) is 0.188. The monoisotopic (exact) mass is 419 g/mol. The molecule has 6 nitrogen and oxygen atoms in total. The summed E-state index contributed by atoms with van der Waals surface area (Å²) in [6.07, 6.45) is 1.72. The maximum absolute atomic E-state index is 13.0. The molecule has 0 fully saturated rings. The Bertz CT molecular complexity index is 1090. The predicted molar refractivity (Wildman–Crippen MR) is 96.7 cm³/mol. The largest absolute Gasteiger partial charge is 0.320 e. The van der Waals surface area contributed by atoms with Crippen LogP contribution in [0.3, 0.4) is 0 Å². The topological polar surface area (TPSA) is 57.1 Å². The quantitative estimate of drug-likeness (QED) is 0.469. The smallest absolute Gasteiger partial charge is 0.286 e. The number of rotatable bonds is 2. The van der Waals surface area contributed by atoms with E-state index in [4.69, 9.17) is 0 Å². The number of halogens is 1. The van der Waals surface area contributed by atoms with Gasteiger partial charge in [0.1, 0.15) is 3.70 Å². The van der Waals surface area contributed by atoms with E-state index in [9.17, 15) is 4.79 Å². The average Bonchev–Trinajstić information content (AvgIpc) is 3.09. The second-order valence-corrected chi connectivity index (χ2v) is 6.54. The summed E-state index contributed by atoms with van der Waals surface area (Å²) in [6.45, 7) is 2.52. The number of hydrogen-bond donors (Lipinski definition) is 0. The number of aromatic nitrogens is 5. The number of fused-ring (bicyclic) bond motifs is 2. The molecule has 0 spiro atoms. The van der Waals surface area contributed by atoms with E-state index in [1.165, 1.54) is 0 Å². The van der Waals surface area contributed by atoms with Crippen LogP contribution in [-0.4, -0.2) is 23.5 Å². The van der Waals surface area contributed by atoms with Crippen LogP contribution < -0.4 is 5.56 Å². The first-order valence-electron chi connectivity index (χ1n) is 7.20. The van der Waals surface area contributed by atoms with Gasteiger partial charge in [-0.05, 0) is 35.1 Å². The Hall–Kier alpha value is -2.16. The lowest BCUT2D eigenvalue weighted by molar-refractivity contribution is 0.814. The van der Waals surface area contributed by atoms with Gasteiger partial charge in [0.25, 0.3) is 5.56 Å². The second kappa shape index (κ2) is 5.19. The van der Waals surface area contributed by atoms with Crippen LogP contribution in [0.2, 0.25) is 0 Å². The van der Waals surface area contributed by atoms with Crippen LogP contribution in [0.5, 0.6) is 0 Å². The van der Waals surface area contributed by atoms with Crippen molar-refractivity contribution in [1.29, 1.82) is 0 Å². The van der Waals surface area contributed by atoms with Crippen LogP contribution in [0.15, 0.2) is 41.5 Å². The Kier molecular flexibility index (Phi) is 3.26. The van der Waals surface area contributed by atoms with Gasteiger partial charge in [0.2, 0.25) is 5.78 Å². The minimum absolute atomic E-state index is 0.0773. The molecular weight excluding hydrogens is 405 g/mol. The van der Waals surface area contributed by atoms with E-state index in [1.54, 1.807) is 10.7 Å². The highest BCUT2D eigenvalue weighted by atomic mass is 127. The molecule has 23 heavy (non-hydrogen) atoms. The summed E-state index contributed by atoms with van der Waals surface area (Å²) < 4.78 is 6.26. The second-order valence-electron chi connectivity index (χ2n) is 5.52. The molecule has 0 saturated heterocycles. The van der Waals surface area contributed by atoms with Crippen LogP contribution in [0, 0.1) is 10.6 Å². The first-order chi connectivity index (χ1) is 11.1. The average molecular weight is 419 g/mol. The summed E-state index contributed by atoms with van der Waals surface area (Å²) in [4.78, 5) is 21.9. The molecule has 1 aromatic carbocycles. The third kappa shape index (κ3) is 2.10. The van der Waals surface area contributed by atoms with Gasteiger partial charge in [-0.25, -0.2) is 14.4 Å². The maximum Gasteiger partial charge on any atom is 0.286 e. The molecule has 3 aromatic heterocycles. The van der Waals surface area contributed by atoms with E-state index in [0.29, 0.717) is 23.5 Å². The summed E-state index contributed by atoms with van der Waals surface area (Å²) in [7, 11) is 1.89. The van der Waals surface area contributed by atoms with E-state index in [0.717, 1.165) is 15.0 Å². The molecule has 0 aliphatic heterocycles. The van der Waals surface area contributed by atoms with E-state index in [-0.39, 0.29) is 5.56 Å². The third-order valence-electron chi connectivity index (χ3n) is 4.00. The minimum Gasteiger partial charge on any atom is -0.320 e. The summed E-state index contributed by atoms with van der Waals surface area (Å²) in [6, 6.07) is 10.1. The number of imidazole rings is 2. The molecule has 0 N–H and O–H groups in total. The summed E-state index contributed by atoms with van der Waals surface area (Å²) in [5.74, 6) is 0.620. The van der Waals surface area contributed by atoms with Crippen molar-refractivity contribution < 1.29 is 0 Å². The van der Waals surface area contributed by atoms with Crippen molar-refractivity contribution in [2.24, 2.45) is 7.05 Å². The van der Waals surface area contributed by atoms with Crippen molar-refractivity contribution in [1.82, 2.24) is 23.5 Å². The van der Waals surface area contributed by atoms with Crippen LogP contribution in [0.4, 0.5) is 0 Å². The van der Waals surface area contributed by atoms with Crippen LogP contribution in [-0.2, 0) is 13.6 Å². The van der Waals surface area contributed by atoms with Gasteiger partial charge in [0.15, 0.2) is 11.2 Å². The van der Waals surface area contributed by atoms with Crippen LogP contribution >= 0.6 is 22.6 Å². The van der Waals surface area contributed by atoms with Crippen molar-refractivity contribution in [2.45, 2.75) is 13.5 Å². The van der Waals surface area contributed by atoms with Gasteiger partial charge >= 0.3 is 0 Å². The number of nitrogens with zero attached hydrogens (tertiary/aromatic N) is 5. The minimum atomic E-state index is -0.0773. The number of aryl methyl sites for hydroxylation is 2. The maximum atomic E-state index is 13.0. The Morgan fingerprint density at radius 1 is 1.22 bits per heavy atom. The molecule has 0 saturated carbocycles. The molecular formula is C16H14IN5O. The van der Waals surface area contributed by atoms with Crippen molar-refractivity contribution in [3.63, 3.8) is 0 Å². The highest BCUT2D eigenvalue weighted by Crippen LogP contribution is 2.17. The predicted octanol–water partition coefficient (Wildman–Crippen LogP) is 2.34. The zero-order valence-electron chi connectivity index (χ0n) is 12.7. The normalized spacial score (nSPS) is 11.6. The summed E-state index contributed by atoms with van der Waals surface area (Å²) in [5.41, 5.74) is 3.15. The molecule has 0 atom stereocenters. The zero-order valence-corrected chi connectivity index (χ0v) is 14.9. The Balaban J connectivity index is 2.03. The molecule has 4 aromatic rings. The summed E-state index contributed by atoms with van der Waals surface area (Å²) in [5, 5.41) is 0. The van der Waals surface area contributed by atoms with Gasteiger partial charge in [-0.15, -0.1) is 0 Å². The Morgan fingerprint density at radius 2 is 1.96 bits per heavy atom. The van der Waals surface area contributed by atoms with Gasteiger partial charge < -0.3 is 4.57 Å². The third-order valence-corrected chi connectivity index (χ3v) is 5.26. The van der Waals surface area contributed by atoms with Crippen molar-refractivity contribution in [3.05, 3.63) is 62.0 Å². The number of benzene rings is 1. The van der Waals surface area contributed by atoms with Gasteiger partial charge in [0, 0.05) is 13.6 Å². The summed E-state index contributed by atoms with van der Waals surface area (Å²) >= 11 is 2.16. The van der Waals surface area contributed by atoms with E-state index in [2.05, 4.69) is 32.6 Å². The molecule has 0 amide bonds. The highest BCUT2D eigenvalue weighted by molar-refractivity contribution is 14.1. The molecule has 116 valence electrons. The lowest BCUT2D eigenvalue weighted by Crippen LogP contribution is -2.21. The van der Waals surface area contributed by atoms with Crippen LogP contribution in [0.25, 0.3) is 16.9 Å². The molecule has 7 heteroatoms. The zero-order chi connectivity index (χ0) is 16.1. The van der Waals surface area contributed by atoms with Crippen LogP contribution in [0.1, 0.15) is 11.3 Å². The molecule has 0 bridgehead atoms. The van der Waals surface area contributed by atoms with Crippen molar-refractivity contribution in [2.75, 3.05) is 0 Å². The molecule has 3 heterocycles. The molecule has 0 unspecified atom stereocenters. The Morgan fingerprint density at radius 3 is 2.70 bits per heavy atom. The number of hydrogen-bond acceptors (Lipinski definition) is 3. The lowest BCUT2D eigenvalue weighted by Gasteiger charge is -2.07. The molecule has 0 radical (unpaired) electrons. The molecule has 0 aliphatic carbocycles. The van der Waals surface area contributed by atoms with E-state index >= 15 is 0 Å². The van der Waals surface area contributed by atoms with Gasteiger partial charge in [0.05, 0.1) is 12.0 Å². The standard InChI is InChI=1S/C16H14IN5O/c1-10-13(17)22-15(23)12-14(20(2)16(22)19-10)18-9-21(12)8-11-6-4-3-5-7-11/h3-7,9H,8H2,1-2H3. The van der Waals surface area contributed by atoms with Gasteiger partial charge in [-0.2, -0.15) is 0 Å².